The van der Waals surface area contributed by atoms with Crippen molar-refractivity contribution in [3.63, 3.8) is 0 Å². The van der Waals surface area contributed by atoms with Crippen molar-refractivity contribution in [1.82, 2.24) is 19.8 Å². The van der Waals surface area contributed by atoms with Gasteiger partial charge in [0.25, 0.3) is 0 Å². The highest BCUT2D eigenvalue weighted by atomic mass is 32.1. The van der Waals surface area contributed by atoms with E-state index in [1.807, 2.05) is 0 Å². The molecule has 4 rings (SSSR count). The minimum absolute atomic E-state index is 0.772. The van der Waals surface area contributed by atoms with Crippen LogP contribution in [-0.2, 0) is 11.3 Å². The van der Waals surface area contributed by atoms with Crippen molar-refractivity contribution in [3.05, 3.63) is 28.7 Å². The van der Waals surface area contributed by atoms with Crippen LogP contribution in [0.3, 0.4) is 0 Å². The zero-order chi connectivity index (χ0) is 18.6. The van der Waals surface area contributed by atoms with Crippen molar-refractivity contribution in [2.45, 2.75) is 6.54 Å². The van der Waals surface area contributed by atoms with Crippen molar-refractivity contribution in [1.29, 1.82) is 0 Å². The second-order valence-corrected chi connectivity index (χ2v) is 8.72. The first kappa shape index (κ1) is 18.8. The second kappa shape index (κ2) is 8.62. The Hall–Kier alpha value is -1.58. The molecule has 1 aliphatic heterocycles. The zero-order valence-electron chi connectivity index (χ0n) is 15.8. The van der Waals surface area contributed by atoms with Gasteiger partial charge in [-0.25, -0.2) is 9.97 Å². The molecule has 0 aliphatic carbocycles. The van der Waals surface area contributed by atoms with E-state index in [0.29, 0.717) is 0 Å². The first-order chi connectivity index (χ1) is 13.2. The molecule has 4 heterocycles. The number of thiophene rings is 2. The average molecular weight is 404 g/mol. The molecule has 0 saturated carbocycles. The molecule has 0 unspecified atom stereocenters. The zero-order valence-corrected chi connectivity index (χ0v) is 17.4. The average Bonchev–Trinajstić information content (AvgIpc) is 3.31. The minimum atomic E-state index is 0.772. The van der Waals surface area contributed by atoms with Crippen molar-refractivity contribution in [2.75, 3.05) is 58.8 Å². The van der Waals surface area contributed by atoms with Crippen LogP contribution in [0.25, 0.3) is 20.7 Å². The van der Waals surface area contributed by atoms with Gasteiger partial charge in [-0.05, 0) is 25.5 Å². The highest BCUT2D eigenvalue weighted by Gasteiger charge is 2.18. The predicted octanol–water partition coefficient (Wildman–Crippen LogP) is 3.23. The van der Waals surface area contributed by atoms with E-state index in [1.165, 1.54) is 10.4 Å². The van der Waals surface area contributed by atoms with Crippen LogP contribution in [-0.4, -0.2) is 73.3 Å². The van der Waals surface area contributed by atoms with Crippen LogP contribution in [0, 0.1) is 0 Å². The summed E-state index contributed by atoms with van der Waals surface area (Å²) in [7, 11) is 4.17. The summed E-state index contributed by atoms with van der Waals surface area (Å²) >= 11 is 3.46. The topological polar surface area (TPSA) is 53.5 Å². The van der Waals surface area contributed by atoms with E-state index >= 15 is 0 Å². The number of hydrogen-bond acceptors (Lipinski definition) is 8. The molecule has 1 fully saturated rings. The lowest BCUT2D eigenvalue weighted by atomic mass is 10.2. The van der Waals surface area contributed by atoms with E-state index in [9.17, 15) is 0 Å². The van der Waals surface area contributed by atoms with Gasteiger partial charge in [-0.15, -0.1) is 22.7 Å². The SMILES string of the molecule is CN(C)CCNc1nc(CN2CCOCC2)nc2scc(-c3cccs3)c12. The quantitative estimate of drug-likeness (QED) is 0.654. The molecule has 0 radical (unpaired) electrons. The molecule has 0 spiro atoms. The maximum Gasteiger partial charge on any atom is 0.146 e. The standard InChI is InChI=1S/C19H25N5OS2/c1-23(2)6-5-20-18-17-14(15-4-3-11-26-15)13-27-19(17)22-16(21-18)12-24-7-9-25-10-8-24/h3-4,11,13H,5-10,12H2,1-2H3,(H,20,21,22). The van der Waals surface area contributed by atoms with Crippen LogP contribution >= 0.6 is 22.7 Å². The van der Waals surface area contributed by atoms with Gasteiger partial charge in [0.1, 0.15) is 16.5 Å². The van der Waals surface area contributed by atoms with Gasteiger partial charge in [0, 0.05) is 42.0 Å². The number of nitrogens with one attached hydrogen (secondary N) is 1. The van der Waals surface area contributed by atoms with Crippen LogP contribution in [0.1, 0.15) is 5.82 Å². The van der Waals surface area contributed by atoms with Crippen molar-refractivity contribution >= 4 is 38.7 Å². The van der Waals surface area contributed by atoms with Crippen molar-refractivity contribution in [2.24, 2.45) is 0 Å². The van der Waals surface area contributed by atoms with Gasteiger partial charge in [0.15, 0.2) is 0 Å². The van der Waals surface area contributed by atoms with Crippen LogP contribution < -0.4 is 5.32 Å². The first-order valence-electron chi connectivity index (χ1n) is 9.21. The fourth-order valence-electron chi connectivity index (χ4n) is 3.15. The largest absolute Gasteiger partial charge is 0.379 e. The summed E-state index contributed by atoms with van der Waals surface area (Å²) in [5.41, 5.74) is 1.23. The number of hydrogen-bond donors (Lipinski definition) is 1. The molecule has 1 saturated heterocycles. The third kappa shape index (κ3) is 4.47. The highest BCUT2D eigenvalue weighted by molar-refractivity contribution is 7.18. The van der Waals surface area contributed by atoms with E-state index < -0.39 is 0 Å². The Morgan fingerprint density at radius 3 is 2.81 bits per heavy atom. The second-order valence-electron chi connectivity index (χ2n) is 6.91. The monoisotopic (exact) mass is 403 g/mol. The summed E-state index contributed by atoms with van der Waals surface area (Å²) in [6.45, 7) is 6.05. The molecule has 144 valence electrons. The first-order valence-corrected chi connectivity index (χ1v) is 11.0. The molecule has 1 N–H and O–H groups in total. The lowest BCUT2D eigenvalue weighted by molar-refractivity contribution is 0.0331. The normalized spacial score (nSPS) is 15.7. The van der Waals surface area contributed by atoms with Gasteiger partial charge >= 0.3 is 0 Å². The lowest BCUT2D eigenvalue weighted by Gasteiger charge is -2.25. The number of fused-ring (bicyclic) bond motifs is 1. The number of rotatable bonds is 7. The molecule has 27 heavy (non-hydrogen) atoms. The fraction of sp³-hybridized carbons (Fsp3) is 0.474. The van der Waals surface area contributed by atoms with Crippen molar-refractivity contribution in [3.8, 4) is 10.4 Å². The predicted molar refractivity (Wildman–Crippen MR) is 114 cm³/mol. The third-order valence-electron chi connectivity index (χ3n) is 4.59. The molecule has 6 nitrogen and oxygen atoms in total. The Labute approximate surface area is 167 Å². The Morgan fingerprint density at radius 2 is 2.07 bits per heavy atom. The van der Waals surface area contributed by atoms with E-state index in [-0.39, 0.29) is 0 Å². The molecule has 0 bridgehead atoms. The van der Waals surface area contributed by atoms with Gasteiger partial charge < -0.3 is 15.0 Å². The van der Waals surface area contributed by atoms with Gasteiger partial charge in [-0.1, -0.05) is 6.07 Å². The lowest BCUT2D eigenvalue weighted by Crippen LogP contribution is -2.36. The smallest absolute Gasteiger partial charge is 0.146 e. The third-order valence-corrected chi connectivity index (χ3v) is 6.36. The summed E-state index contributed by atoms with van der Waals surface area (Å²) in [5.74, 6) is 1.84. The molecule has 3 aromatic rings. The molecule has 8 heteroatoms. The van der Waals surface area contributed by atoms with E-state index in [0.717, 1.165) is 67.8 Å². The Balaban J connectivity index is 1.67. The molecular formula is C19H25N5OS2. The highest BCUT2D eigenvalue weighted by Crippen LogP contribution is 2.38. The molecular weight excluding hydrogens is 378 g/mol. The van der Waals surface area contributed by atoms with Gasteiger partial charge in [0.2, 0.25) is 0 Å². The van der Waals surface area contributed by atoms with Crippen LogP contribution in [0.5, 0.6) is 0 Å². The Kier molecular flexibility index (Phi) is 5.99. The fourth-order valence-corrected chi connectivity index (χ4v) is 4.94. The van der Waals surface area contributed by atoms with Gasteiger partial charge in [0.05, 0.1) is 25.1 Å². The van der Waals surface area contributed by atoms with Crippen LogP contribution in [0.2, 0.25) is 0 Å². The van der Waals surface area contributed by atoms with Crippen LogP contribution in [0.15, 0.2) is 22.9 Å². The molecule has 0 atom stereocenters. The van der Waals surface area contributed by atoms with E-state index in [1.54, 1.807) is 22.7 Å². The maximum absolute atomic E-state index is 5.46. The van der Waals surface area contributed by atoms with Crippen molar-refractivity contribution < 1.29 is 4.74 Å². The minimum Gasteiger partial charge on any atom is -0.379 e. The summed E-state index contributed by atoms with van der Waals surface area (Å²) < 4.78 is 5.46. The number of likely N-dealkylation sites (N-methyl/N-ethyl adjacent to an activating group) is 1. The molecule has 1 aliphatic rings. The summed E-state index contributed by atoms with van der Waals surface area (Å²) in [6.07, 6.45) is 0. The number of morpholine rings is 1. The number of anilines is 1. The Bertz CT molecular complexity index is 872. The molecule has 0 aromatic carbocycles. The van der Waals surface area contributed by atoms with E-state index in [4.69, 9.17) is 14.7 Å². The number of ether oxygens (including phenoxy) is 1. The maximum atomic E-state index is 5.46. The summed E-state index contributed by atoms with van der Waals surface area (Å²) in [4.78, 5) is 16.7. The Morgan fingerprint density at radius 1 is 1.22 bits per heavy atom. The summed E-state index contributed by atoms with van der Waals surface area (Å²) in [5, 5.41) is 9.03. The summed E-state index contributed by atoms with van der Waals surface area (Å²) in [6, 6.07) is 4.26. The van der Waals surface area contributed by atoms with Gasteiger partial charge in [-0.2, -0.15) is 0 Å². The van der Waals surface area contributed by atoms with Crippen LogP contribution in [0.4, 0.5) is 5.82 Å². The molecule has 0 amide bonds. The molecule has 3 aromatic heterocycles. The number of nitrogens with zero attached hydrogens (tertiary/aromatic N) is 4. The van der Waals surface area contributed by atoms with E-state index in [2.05, 4.69) is 52.1 Å². The number of aromatic nitrogens is 2. The van der Waals surface area contributed by atoms with Gasteiger partial charge in [-0.3, -0.25) is 4.90 Å².